The lowest BCUT2D eigenvalue weighted by molar-refractivity contribution is 0.0699. The molecule has 0 saturated carbocycles. The summed E-state index contributed by atoms with van der Waals surface area (Å²) in [5.74, 6) is 0.125. The molecule has 32 heavy (non-hydrogen) atoms. The summed E-state index contributed by atoms with van der Waals surface area (Å²) in [7, 11) is 1.62. The molecule has 162 valence electrons. The summed E-state index contributed by atoms with van der Waals surface area (Å²) in [5.41, 5.74) is 0.329. The van der Waals surface area contributed by atoms with Gasteiger partial charge >= 0.3 is 11.3 Å². The number of aryl methyl sites for hydroxylation is 1. The quantitative estimate of drug-likeness (QED) is 0.466. The first-order valence-corrected chi connectivity index (χ1v) is 10.6. The number of nitrogens with zero attached hydrogens (tertiary/aromatic N) is 4. The molecule has 8 nitrogen and oxygen atoms in total. The summed E-state index contributed by atoms with van der Waals surface area (Å²) in [5, 5.41) is 5.18. The smallest absolute Gasteiger partial charge is 0.350 e. The van der Waals surface area contributed by atoms with Crippen molar-refractivity contribution in [3.05, 3.63) is 93.0 Å². The zero-order valence-corrected chi connectivity index (χ0v) is 17.6. The number of aromatic nitrogens is 3. The second-order valence-corrected chi connectivity index (χ2v) is 8.01. The second-order valence-electron chi connectivity index (χ2n) is 8.01. The van der Waals surface area contributed by atoms with E-state index < -0.39 is 5.63 Å². The Hall–Kier alpha value is -3.94. The first-order chi connectivity index (χ1) is 15.5. The van der Waals surface area contributed by atoms with E-state index in [1.54, 1.807) is 40.8 Å². The molecule has 0 N–H and O–H groups in total. The summed E-state index contributed by atoms with van der Waals surface area (Å²) < 4.78 is 8.27. The van der Waals surface area contributed by atoms with Gasteiger partial charge in [-0.3, -0.25) is 4.79 Å². The van der Waals surface area contributed by atoms with Crippen molar-refractivity contribution in [1.29, 1.82) is 0 Å². The third kappa shape index (κ3) is 3.43. The van der Waals surface area contributed by atoms with Crippen molar-refractivity contribution in [3.63, 3.8) is 0 Å². The van der Waals surface area contributed by atoms with E-state index in [9.17, 15) is 14.4 Å². The van der Waals surface area contributed by atoms with Gasteiger partial charge in [0, 0.05) is 31.4 Å². The lowest BCUT2D eigenvalue weighted by atomic mass is 9.96. The highest BCUT2D eigenvalue weighted by Gasteiger charge is 2.31. The average molecular weight is 430 g/mol. The lowest BCUT2D eigenvalue weighted by Crippen LogP contribution is -2.41. The van der Waals surface area contributed by atoms with E-state index in [2.05, 4.69) is 5.10 Å². The van der Waals surface area contributed by atoms with Gasteiger partial charge in [0.2, 0.25) is 0 Å². The fourth-order valence-electron chi connectivity index (χ4n) is 4.32. The number of rotatable bonds is 3. The van der Waals surface area contributed by atoms with Crippen LogP contribution in [0.25, 0.3) is 16.7 Å². The topological polar surface area (TPSA) is 90.3 Å². The standard InChI is InChI=1S/C24H22N4O4/c1-26-24(31)28(18-10-3-2-4-11-18)21(25-26)17-9-7-13-27(15-17)22(29)19-14-16-8-5-6-12-20(16)32-23(19)30/h2-6,8,10-12,14,17H,7,9,13,15H2,1H3. The van der Waals surface area contributed by atoms with E-state index in [0.29, 0.717) is 29.9 Å². The van der Waals surface area contributed by atoms with Gasteiger partial charge in [-0.2, -0.15) is 5.10 Å². The Bertz CT molecular complexity index is 1420. The van der Waals surface area contributed by atoms with Gasteiger partial charge in [0.05, 0.1) is 5.69 Å². The monoisotopic (exact) mass is 430 g/mol. The molecule has 0 spiro atoms. The van der Waals surface area contributed by atoms with Gasteiger partial charge in [0.15, 0.2) is 0 Å². The first-order valence-electron chi connectivity index (χ1n) is 10.6. The first kappa shape index (κ1) is 20.0. The number of piperidine rings is 1. The van der Waals surface area contributed by atoms with Crippen LogP contribution in [0.3, 0.4) is 0 Å². The number of benzene rings is 2. The van der Waals surface area contributed by atoms with E-state index in [1.165, 1.54) is 4.68 Å². The molecule has 4 aromatic rings. The number of fused-ring (bicyclic) bond motifs is 1. The van der Waals surface area contributed by atoms with Gasteiger partial charge in [-0.15, -0.1) is 0 Å². The van der Waals surface area contributed by atoms with Crippen LogP contribution in [0.15, 0.2) is 74.7 Å². The molecule has 0 bridgehead atoms. The highest BCUT2D eigenvalue weighted by Crippen LogP contribution is 2.27. The molecule has 2 aromatic heterocycles. The van der Waals surface area contributed by atoms with Crippen molar-refractivity contribution < 1.29 is 9.21 Å². The van der Waals surface area contributed by atoms with Crippen molar-refractivity contribution in [1.82, 2.24) is 19.2 Å². The van der Waals surface area contributed by atoms with E-state index in [-0.39, 0.29) is 23.1 Å². The molecule has 2 aromatic carbocycles. The second kappa shape index (κ2) is 7.96. The Morgan fingerprint density at radius 2 is 1.81 bits per heavy atom. The molecule has 1 aliphatic rings. The van der Waals surface area contributed by atoms with Crippen molar-refractivity contribution >= 4 is 16.9 Å². The summed E-state index contributed by atoms with van der Waals surface area (Å²) >= 11 is 0. The molecule has 1 fully saturated rings. The van der Waals surface area contributed by atoms with Gasteiger partial charge in [0.1, 0.15) is 17.0 Å². The number of hydrogen-bond donors (Lipinski definition) is 0. The number of hydrogen-bond acceptors (Lipinski definition) is 5. The van der Waals surface area contributed by atoms with Crippen molar-refractivity contribution in [2.24, 2.45) is 7.05 Å². The zero-order chi connectivity index (χ0) is 22.2. The SMILES string of the molecule is Cn1nc(C2CCCN(C(=O)c3cc4ccccc4oc3=O)C2)n(-c2ccccc2)c1=O. The van der Waals surface area contributed by atoms with Gasteiger partial charge < -0.3 is 9.32 Å². The molecule has 1 saturated heterocycles. The van der Waals surface area contributed by atoms with Crippen LogP contribution in [-0.2, 0) is 7.05 Å². The maximum Gasteiger partial charge on any atom is 0.350 e. The van der Waals surface area contributed by atoms with Crippen LogP contribution in [0.4, 0.5) is 0 Å². The summed E-state index contributed by atoms with van der Waals surface area (Å²) in [6, 6.07) is 18.1. The molecule has 1 amide bonds. The Morgan fingerprint density at radius 1 is 1.06 bits per heavy atom. The fraction of sp³-hybridized carbons (Fsp3) is 0.250. The van der Waals surface area contributed by atoms with Crippen LogP contribution in [0.2, 0.25) is 0 Å². The number of likely N-dealkylation sites (tertiary alicyclic amines) is 1. The predicted octanol–water partition coefficient (Wildman–Crippen LogP) is 2.70. The number of amides is 1. The predicted molar refractivity (Wildman–Crippen MR) is 119 cm³/mol. The fourth-order valence-corrected chi connectivity index (χ4v) is 4.32. The Morgan fingerprint density at radius 3 is 2.62 bits per heavy atom. The highest BCUT2D eigenvalue weighted by molar-refractivity contribution is 5.96. The van der Waals surface area contributed by atoms with E-state index in [4.69, 9.17) is 4.42 Å². The number of carbonyl (C=O) groups is 1. The van der Waals surface area contributed by atoms with Crippen molar-refractivity contribution in [2.45, 2.75) is 18.8 Å². The molecule has 0 aliphatic carbocycles. The molecule has 0 radical (unpaired) electrons. The van der Waals surface area contributed by atoms with Crippen LogP contribution < -0.4 is 11.3 Å². The van der Waals surface area contributed by atoms with Crippen molar-refractivity contribution in [2.75, 3.05) is 13.1 Å². The van der Waals surface area contributed by atoms with Gasteiger partial charge in [-0.25, -0.2) is 18.8 Å². The maximum absolute atomic E-state index is 13.2. The Balaban J connectivity index is 1.48. The minimum Gasteiger partial charge on any atom is -0.422 e. The normalized spacial score (nSPS) is 16.4. The number of para-hydroxylation sites is 2. The van der Waals surface area contributed by atoms with E-state index in [0.717, 1.165) is 18.5 Å². The lowest BCUT2D eigenvalue weighted by Gasteiger charge is -2.32. The molecular weight excluding hydrogens is 408 g/mol. The third-order valence-electron chi connectivity index (χ3n) is 5.91. The Kier molecular flexibility index (Phi) is 4.97. The number of carbonyl (C=O) groups excluding carboxylic acids is 1. The van der Waals surface area contributed by atoms with Gasteiger partial charge in [-0.1, -0.05) is 36.4 Å². The largest absolute Gasteiger partial charge is 0.422 e. The molecule has 5 rings (SSSR count). The summed E-state index contributed by atoms with van der Waals surface area (Å²) in [4.78, 5) is 40.1. The minimum atomic E-state index is -0.644. The van der Waals surface area contributed by atoms with Crippen LogP contribution >= 0.6 is 0 Å². The molecule has 1 atom stereocenters. The maximum atomic E-state index is 13.2. The van der Waals surface area contributed by atoms with Crippen LogP contribution in [0.1, 0.15) is 34.9 Å². The summed E-state index contributed by atoms with van der Waals surface area (Å²) in [6.45, 7) is 0.901. The summed E-state index contributed by atoms with van der Waals surface area (Å²) in [6.07, 6.45) is 1.54. The average Bonchev–Trinajstić information content (AvgIpc) is 3.13. The van der Waals surface area contributed by atoms with Crippen molar-refractivity contribution in [3.8, 4) is 5.69 Å². The molecule has 1 aliphatic heterocycles. The third-order valence-corrected chi connectivity index (χ3v) is 5.91. The van der Waals surface area contributed by atoms with Crippen LogP contribution in [-0.4, -0.2) is 38.2 Å². The van der Waals surface area contributed by atoms with Crippen LogP contribution in [0.5, 0.6) is 0 Å². The zero-order valence-electron chi connectivity index (χ0n) is 17.6. The van der Waals surface area contributed by atoms with E-state index in [1.807, 2.05) is 36.4 Å². The molecule has 3 heterocycles. The van der Waals surface area contributed by atoms with Gasteiger partial charge in [0.25, 0.3) is 5.91 Å². The highest BCUT2D eigenvalue weighted by atomic mass is 16.4. The van der Waals surface area contributed by atoms with Gasteiger partial charge in [-0.05, 0) is 37.1 Å². The molecular formula is C24H22N4O4. The molecule has 8 heteroatoms. The Labute approximate surface area is 183 Å². The van der Waals surface area contributed by atoms with E-state index >= 15 is 0 Å². The minimum absolute atomic E-state index is 0.0193. The molecule has 1 unspecified atom stereocenters. The van der Waals surface area contributed by atoms with Crippen LogP contribution in [0, 0.1) is 0 Å².